The second-order valence-electron chi connectivity index (χ2n) is 1.80. The Bertz CT molecular complexity index is 193. The van der Waals surface area contributed by atoms with Gasteiger partial charge >= 0.3 is 0 Å². The maximum atomic E-state index is 5.28. The molecule has 2 N–H and O–H groups in total. The van der Waals surface area contributed by atoms with Gasteiger partial charge in [-0.2, -0.15) is 0 Å². The van der Waals surface area contributed by atoms with Crippen LogP contribution in [0.2, 0.25) is 0 Å². The molecule has 10 heavy (non-hydrogen) atoms. The Morgan fingerprint density at radius 3 is 2.90 bits per heavy atom. The van der Waals surface area contributed by atoms with Gasteiger partial charge in [0.05, 0.1) is 6.21 Å². The molecule has 0 atom stereocenters. The monoisotopic (exact) mass is 203 g/mol. The van der Waals surface area contributed by atoms with Gasteiger partial charge in [-0.1, -0.05) is 4.99 Å². The van der Waals surface area contributed by atoms with Gasteiger partial charge in [-0.15, -0.1) is 0 Å². The Labute approximate surface area is 70.7 Å². The normalized spacial score (nSPS) is 19.0. The Hall–Kier alpha value is -0.480. The number of nitrogens with zero attached hydrogens (tertiary/aromatic N) is 2. The first-order chi connectivity index (χ1) is 4.34. The van der Waals surface area contributed by atoms with Gasteiger partial charge in [0, 0.05) is 13.5 Å². The number of hydrogen-bond acceptors (Lipinski definition) is 2. The molecular formula is C6H10BrN3. The van der Waals surface area contributed by atoms with Crippen LogP contribution in [0.1, 0.15) is 6.92 Å². The molecule has 56 valence electrons. The van der Waals surface area contributed by atoms with E-state index in [1.807, 2.05) is 23.9 Å². The average Bonchev–Trinajstić information content (AvgIpc) is 2.18. The third kappa shape index (κ3) is 2.04. The van der Waals surface area contributed by atoms with Gasteiger partial charge in [0.1, 0.15) is 6.20 Å². The maximum Gasteiger partial charge on any atom is 0.299 e. The average molecular weight is 204 g/mol. The molecule has 0 aromatic heterocycles. The maximum absolute atomic E-state index is 5.28. The second kappa shape index (κ2) is 4.35. The van der Waals surface area contributed by atoms with Crippen molar-refractivity contribution in [3.05, 3.63) is 12.4 Å². The van der Waals surface area contributed by atoms with Crippen LogP contribution in [0.3, 0.4) is 0 Å². The fourth-order valence-corrected chi connectivity index (χ4v) is 0.694. The standard InChI is InChI=1S/C6H10N3.BrH/c1-6-8-3-5-9(6)4-2-7;/h3-5H,2,7H2,1H3;1H/q+1;/p-1. The summed E-state index contributed by atoms with van der Waals surface area (Å²) in [6.07, 6.45) is 5.51. The molecule has 1 aliphatic heterocycles. The van der Waals surface area contributed by atoms with Crippen LogP contribution in [0.5, 0.6) is 0 Å². The van der Waals surface area contributed by atoms with E-state index in [4.69, 9.17) is 5.73 Å². The molecule has 0 fully saturated rings. The van der Waals surface area contributed by atoms with Crippen LogP contribution >= 0.6 is 0 Å². The summed E-state index contributed by atoms with van der Waals surface area (Å²) < 4.78 is 1.90. The summed E-state index contributed by atoms with van der Waals surface area (Å²) in [4.78, 5) is 4.01. The predicted molar refractivity (Wildman–Crippen MR) is 37.6 cm³/mol. The van der Waals surface area contributed by atoms with Gasteiger partial charge in [0.15, 0.2) is 6.20 Å². The Balaban J connectivity index is 0.000000810. The van der Waals surface area contributed by atoms with Gasteiger partial charge in [-0.25, -0.2) is 4.58 Å². The summed E-state index contributed by atoms with van der Waals surface area (Å²) in [6.45, 7) is 2.49. The van der Waals surface area contributed by atoms with Crippen molar-refractivity contribution < 1.29 is 21.6 Å². The predicted octanol–water partition coefficient (Wildman–Crippen LogP) is -3.06. The molecular weight excluding hydrogens is 194 g/mol. The molecule has 0 radical (unpaired) electrons. The van der Waals surface area contributed by atoms with Crippen LogP contribution < -0.4 is 22.7 Å². The smallest absolute Gasteiger partial charge is 0.299 e. The molecule has 4 heteroatoms. The molecule has 0 aromatic carbocycles. The molecule has 1 aliphatic rings. The Morgan fingerprint density at radius 2 is 2.50 bits per heavy atom. The fourth-order valence-electron chi connectivity index (χ4n) is 0.694. The molecule has 0 aromatic rings. The third-order valence-corrected chi connectivity index (χ3v) is 1.16. The second-order valence-corrected chi connectivity index (χ2v) is 1.80. The molecule has 0 saturated carbocycles. The number of aliphatic imine (C=N–C) groups is 1. The number of hydrogen-bond donors (Lipinski definition) is 1. The van der Waals surface area contributed by atoms with Crippen LogP contribution in [0.4, 0.5) is 0 Å². The van der Waals surface area contributed by atoms with Crippen molar-refractivity contribution in [1.82, 2.24) is 0 Å². The van der Waals surface area contributed by atoms with Crippen molar-refractivity contribution in [2.75, 3.05) is 6.54 Å². The van der Waals surface area contributed by atoms with E-state index in [1.54, 1.807) is 6.20 Å². The number of rotatable bonds is 1. The lowest BCUT2D eigenvalue weighted by molar-refractivity contribution is -0.315. The number of amidine groups is 1. The van der Waals surface area contributed by atoms with Crippen LogP contribution in [0, 0.1) is 0 Å². The van der Waals surface area contributed by atoms with Gasteiger partial charge in [-0.3, -0.25) is 0 Å². The highest BCUT2D eigenvalue weighted by molar-refractivity contribution is 5.78. The van der Waals surface area contributed by atoms with Crippen molar-refractivity contribution in [3.8, 4) is 0 Å². The minimum atomic E-state index is 0. The highest BCUT2D eigenvalue weighted by Gasteiger charge is 2.08. The topological polar surface area (TPSA) is 41.4 Å². The van der Waals surface area contributed by atoms with Crippen LogP contribution in [-0.2, 0) is 0 Å². The summed E-state index contributed by atoms with van der Waals surface area (Å²) in [5, 5.41) is 0. The van der Waals surface area contributed by atoms with E-state index >= 15 is 0 Å². The Morgan fingerprint density at radius 1 is 1.80 bits per heavy atom. The van der Waals surface area contributed by atoms with Gasteiger partial charge in [0.25, 0.3) is 5.84 Å². The van der Waals surface area contributed by atoms with Crippen LogP contribution in [-0.4, -0.2) is 23.2 Å². The zero-order valence-electron chi connectivity index (χ0n) is 5.79. The van der Waals surface area contributed by atoms with E-state index < -0.39 is 0 Å². The molecule has 0 amide bonds. The highest BCUT2D eigenvalue weighted by atomic mass is 79.9. The number of nitrogens with two attached hydrogens (primary N) is 1. The summed E-state index contributed by atoms with van der Waals surface area (Å²) in [6, 6.07) is 0. The lowest BCUT2D eigenvalue weighted by atomic mass is 10.6. The molecule has 0 spiro atoms. The van der Waals surface area contributed by atoms with Crippen molar-refractivity contribution in [2.45, 2.75) is 6.92 Å². The van der Waals surface area contributed by atoms with E-state index in [0.29, 0.717) is 6.54 Å². The third-order valence-electron chi connectivity index (χ3n) is 1.16. The zero-order valence-corrected chi connectivity index (χ0v) is 7.37. The van der Waals surface area contributed by atoms with Crippen LogP contribution in [0.15, 0.2) is 17.4 Å². The highest BCUT2D eigenvalue weighted by Crippen LogP contribution is 1.92. The number of halogens is 1. The largest absolute Gasteiger partial charge is 1.00 e. The van der Waals surface area contributed by atoms with Gasteiger partial charge in [-0.05, 0) is 0 Å². The molecule has 0 saturated heterocycles. The first kappa shape index (κ1) is 9.52. The van der Waals surface area contributed by atoms with Crippen LogP contribution in [0.25, 0.3) is 0 Å². The Kier molecular flexibility index (Phi) is 4.14. The summed E-state index contributed by atoms with van der Waals surface area (Å²) >= 11 is 0. The fraction of sp³-hybridized carbons (Fsp3) is 0.333. The van der Waals surface area contributed by atoms with E-state index in [0.717, 1.165) is 5.84 Å². The van der Waals surface area contributed by atoms with Gasteiger partial charge < -0.3 is 22.7 Å². The summed E-state index contributed by atoms with van der Waals surface area (Å²) in [5.74, 6) is 0.973. The minimum absolute atomic E-state index is 0. The van der Waals surface area contributed by atoms with Crippen molar-refractivity contribution >= 4 is 12.1 Å². The molecule has 1 rings (SSSR count). The first-order valence-electron chi connectivity index (χ1n) is 2.87. The molecule has 0 aliphatic carbocycles. The summed E-state index contributed by atoms with van der Waals surface area (Å²) in [7, 11) is 0. The van der Waals surface area contributed by atoms with E-state index in [9.17, 15) is 0 Å². The van der Waals surface area contributed by atoms with Crippen molar-refractivity contribution in [1.29, 1.82) is 0 Å². The molecule has 0 unspecified atom stereocenters. The first-order valence-corrected chi connectivity index (χ1v) is 2.87. The lowest BCUT2D eigenvalue weighted by Gasteiger charge is -1.87. The molecule has 1 heterocycles. The SMILES string of the molecule is CC1=NC=C[N+]1=CCN.[Br-]. The van der Waals surface area contributed by atoms with Gasteiger partial charge in [0.2, 0.25) is 0 Å². The minimum Gasteiger partial charge on any atom is -1.00 e. The molecule has 3 nitrogen and oxygen atoms in total. The summed E-state index contributed by atoms with van der Waals surface area (Å²) in [5.41, 5.74) is 5.28. The molecule has 0 bridgehead atoms. The quantitative estimate of drug-likeness (QED) is 0.452. The van der Waals surface area contributed by atoms with E-state index in [-0.39, 0.29) is 17.0 Å². The van der Waals surface area contributed by atoms with Crippen molar-refractivity contribution in [3.63, 3.8) is 0 Å². The zero-order chi connectivity index (χ0) is 6.69. The van der Waals surface area contributed by atoms with E-state index in [2.05, 4.69) is 4.99 Å². The van der Waals surface area contributed by atoms with Crippen molar-refractivity contribution in [2.24, 2.45) is 10.7 Å². The lowest BCUT2D eigenvalue weighted by Crippen LogP contribution is -3.00. The van der Waals surface area contributed by atoms with E-state index in [1.165, 1.54) is 0 Å².